The van der Waals surface area contributed by atoms with Crippen LogP contribution in [0, 0.1) is 13.8 Å². The molecule has 3 aromatic rings. The summed E-state index contributed by atoms with van der Waals surface area (Å²) in [6, 6.07) is 15.1. The molecule has 4 nitrogen and oxygen atoms in total. The summed E-state index contributed by atoms with van der Waals surface area (Å²) < 4.78 is 0. The van der Waals surface area contributed by atoms with E-state index in [0.717, 1.165) is 27.6 Å². The second-order valence-electron chi connectivity index (χ2n) is 5.79. The van der Waals surface area contributed by atoms with Crippen LogP contribution in [0.5, 0.6) is 0 Å². The Hall–Kier alpha value is -2.59. The van der Waals surface area contributed by atoms with Crippen molar-refractivity contribution in [3.8, 4) is 0 Å². The molecule has 0 aliphatic heterocycles. The SMILES string of the molecule is Cc1ccc2[nH]c(C(=O)NC(CO)c3ccccc3)c(C)c2c1. The van der Waals surface area contributed by atoms with Gasteiger partial charge in [0.2, 0.25) is 0 Å². The van der Waals surface area contributed by atoms with Gasteiger partial charge in [-0.05, 0) is 37.1 Å². The molecular formula is C19H20N2O2. The summed E-state index contributed by atoms with van der Waals surface area (Å²) in [6.07, 6.45) is 0. The van der Waals surface area contributed by atoms with Crippen LogP contribution in [0.3, 0.4) is 0 Å². The molecule has 23 heavy (non-hydrogen) atoms. The van der Waals surface area contributed by atoms with Crippen molar-refractivity contribution in [1.29, 1.82) is 0 Å². The third-order valence-corrected chi connectivity index (χ3v) is 4.13. The number of hydrogen-bond donors (Lipinski definition) is 3. The first-order valence-electron chi connectivity index (χ1n) is 7.65. The number of benzene rings is 2. The first-order valence-corrected chi connectivity index (χ1v) is 7.65. The van der Waals surface area contributed by atoms with E-state index in [2.05, 4.69) is 16.4 Å². The Labute approximate surface area is 135 Å². The van der Waals surface area contributed by atoms with Gasteiger partial charge >= 0.3 is 0 Å². The van der Waals surface area contributed by atoms with Crippen LogP contribution in [0.15, 0.2) is 48.5 Å². The molecule has 118 valence electrons. The number of H-pyrrole nitrogens is 1. The first kappa shape index (κ1) is 15.3. The predicted molar refractivity (Wildman–Crippen MR) is 91.5 cm³/mol. The van der Waals surface area contributed by atoms with Gasteiger partial charge in [-0.3, -0.25) is 4.79 Å². The number of amides is 1. The van der Waals surface area contributed by atoms with Gasteiger partial charge < -0.3 is 15.4 Å². The van der Waals surface area contributed by atoms with E-state index in [0.29, 0.717) is 5.69 Å². The lowest BCUT2D eigenvalue weighted by Crippen LogP contribution is -2.31. The molecule has 3 N–H and O–H groups in total. The summed E-state index contributed by atoms with van der Waals surface area (Å²) in [6.45, 7) is 3.82. The van der Waals surface area contributed by atoms with E-state index in [9.17, 15) is 9.90 Å². The summed E-state index contributed by atoms with van der Waals surface area (Å²) in [7, 11) is 0. The van der Waals surface area contributed by atoms with E-state index in [-0.39, 0.29) is 12.5 Å². The standard InChI is InChI=1S/C19H20N2O2/c1-12-8-9-16-15(10-12)13(2)18(20-16)19(23)21-17(11-22)14-6-4-3-5-7-14/h3-10,17,20,22H,11H2,1-2H3,(H,21,23). The minimum absolute atomic E-state index is 0.145. The molecule has 0 radical (unpaired) electrons. The number of carbonyl (C=O) groups is 1. The maximum atomic E-state index is 12.6. The van der Waals surface area contributed by atoms with Crippen molar-refractivity contribution in [2.45, 2.75) is 19.9 Å². The Kier molecular flexibility index (Phi) is 4.17. The highest BCUT2D eigenvalue weighted by Crippen LogP contribution is 2.23. The molecule has 1 amide bonds. The van der Waals surface area contributed by atoms with E-state index < -0.39 is 6.04 Å². The maximum Gasteiger partial charge on any atom is 0.268 e. The van der Waals surface area contributed by atoms with E-state index in [4.69, 9.17) is 0 Å². The highest BCUT2D eigenvalue weighted by molar-refractivity contribution is 6.01. The van der Waals surface area contributed by atoms with Gasteiger partial charge in [0.25, 0.3) is 5.91 Å². The van der Waals surface area contributed by atoms with Gasteiger partial charge in [0.05, 0.1) is 12.6 Å². The van der Waals surface area contributed by atoms with Crippen LogP contribution in [0.4, 0.5) is 0 Å². The zero-order valence-corrected chi connectivity index (χ0v) is 13.3. The lowest BCUT2D eigenvalue weighted by Gasteiger charge is -2.16. The van der Waals surface area contributed by atoms with Crippen LogP contribution in [0.25, 0.3) is 10.9 Å². The molecule has 1 atom stereocenters. The normalized spacial score (nSPS) is 12.3. The molecule has 0 bridgehead atoms. The quantitative estimate of drug-likeness (QED) is 0.692. The molecule has 2 aromatic carbocycles. The van der Waals surface area contributed by atoms with Gasteiger partial charge in [-0.15, -0.1) is 0 Å². The second kappa shape index (κ2) is 6.26. The minimum Gasteiger partial charge on any atom is -0.394 e. The lowest BCUT2D eigenvalue weighted by molar-refractivity contribution is 0.0911. The molecule has 0 aliphatic carbocycles. The number of carbonyl (C=O) groups excluding carboxylic acids is 1. The summed E-state index contributed by atoms with van der Waals surface area (Å²) in [5, 5.41) is 13.5. The van der Waals surface area contributed by atoms with E-state index in [1.165, 1.54) is 0 Å². The van der Waals surface area contributed by atoms with Crippen molar-refractivity contribution in [3.63, 3.8) is 0 Å². The maximum absolute atomic E-state index is 12.6. The molecule has 1 aromatic heterocycles. The number of aliphatic hydroxyl groups excluding tert-OH is 1. The smallest absolute Gasteiger partial charge is 0.268 e. The topological polar surface area (TPSA) is 65.1 Å². The molecule has 0 aliphatic rings. The molecule has 0 fully saturated rings. The highest BCUT2D eigenvalue weighted by Gasteiger charge is 2.19. The van der Waals surface area contributed by atoms with Crippen LogP contribution in [-0.4, -0.2) is 22.6 Å². The fraction of sp³-hybridized carbons (Fsp3) is 0.211. The molecule has 1 heterocycles. The fourth-order valence-corrected chi connectivity index (χ4v) is 2.82. The van der Waals surface area contributed by atoms with Crippen LogP contribution in [0.2, 0.25) is 0 Å². The van der Waals surface area contributed by atoms with Crippen molar-refractivity contribution in [2.24, 2.45) is 0 Å². The second-order valence-corrected chi connectivity index (χ2v) is 5.79. The first-order chi connectivity index (χ1) is 11.1. The Morgan fingerprint density at radius 2 is 1.91 bits per heavy atom. The fourth-order valence-electron chi connectivity index (χ4n) is 2.82. The molecule has 0 saturated heterocycles. The number of aromatic amines is 1. The van der Waals surface area contributed by atoms with Crippen LogP contribution in [0.1, 0.15) is 33.2 Å². The molecule has 0 spiro atoms. The number of aromatic nitrogens is 1. The highest BCUT2D eigenvalue weighted by atomic mass is 16.3. The number of aliphatic hydroxyl groups is 1. The van der Waals surface area contributed by atoms with E-state index in [1.807, 2.05) is 56.3 Å². The van der Waals surface area contributed by atoms with Gasteiger partial charge in [-0.1, -0.05) is 42.0 Å². The zero-order valence-electron chi connectivity index (χ0n) is 13.3. The minimum atomic E-state index is -0.420. The Bertz CT molecular complexity index is 837. The molecular weight excluding hydrogens is 288 g/mol. The average Bonchev–Trinajstić information content (AvgIpc) is 2.90. The Morgan fingerprint density at radius 3 is 2.61 bits per heavy atom. The number of nitrogens with one attached hydrogen (secondary N) is 2. The van der Waals surface area contributed by atoms with Crippen molar-refractivity contribution < 1.29 is 9.90 Å². The zero-order chi connectivity index (χ0) is 16.4. The number of fused-ring (bicyclic) bond motifs is 1. The van der Waals surface area contributed by atoms with Crippen LogP contribution < -0.4 is 5.32 Å². The van der Waals surface area contributed by atoms with Gasteiger partial charge in [0.15, 0.2) is 0 Å². The Balaban J connectivity index is 1.90. The lowest BCUT2D eigenvalue weighted by atomic mass is 10.1. The van der Waals surface area contributed by atoms with E-state index in [1.54, 1.807) is 0 Å². The third kappa shape index (κ3) is 2.98. The summed E-state index contributed by atoms with van der Waals surface area (Å²) in [5.74, 6) is -0.209. The van der Waals surface area contributed by atoms with E-state index >= 15 is 0 Å². The Morgan fingerprint density at radius 1 is 1.17 bits per heavy atom. The monoisotopic (exact) mass is 308 g/mol. The van der Waals surface area contributed by atoms with Crippen LogP contribution in [-0.2, 0) is 0 Å². The van der Waals surface area contributed by atoms with Crippen molar-refractivity contribution in [1.82, 2.24) is 10.3 Å². The van der Waals surface area contributed by atoms with Gasteiger partial charge in [-0.25, -0.2) is 0 Å². The molecule has 0 saturated carbocycles. The summed E-state index contributed by atoms with van der Waals surface area (Å²) >= 11 is 0. The van der Waals surface area contributed by atoms with Gasteiger partial charge in [0.1, 0.15) is 5.69 Å². The van der Waals surface area contributed by atoms with Crippen molar-refractivity contribution in [2.75, 3.05) is 6.61 Å². The summed E-state index contributed by atoms with van der Waals surface area (Å²) in [5.41, 5.74) is 4.45. The van der Waals surface area contributed by atoms with Crippen LogP contribution >= 0.6 is 0 Å². The number of hydrogen-bond acceptors (Lipinski definition) is 2. The average molecular weight is 308 g/mol. The number of rotatable bonds is 4. The van der Waals surface area contributed by atoms with Gasteiger partial charge in [-0.2, -0.15) is 0 Å². The summed E-state index contributed by atoms with van der Waals surface area (Å²) in [4.78, 5) is 15.8. The molecule has 3 rings (SSSR count). The van der Waals surface area contributed by atoms with Gasteiger partial charge in [0, 0.05) is 10.9 Å². The number of aryl methyl sites for hydroxylation is 2. The molecule has 4 heteroatoms. The van der Waals surface area contributed by atoms with Crippen molar-refractivity contribution >= 4 is 16.8 Å². The van der Waals surface area contributed by atoms with Crippen molar-refractivity contribution in [3.05, 3.63) is 70.9 Å². The largest absolute Gasteiger partial charge is 0.394 e. The predicted octanol–water partition coefficient (Wildman–Crippen LogP) is 3.25. The third-order valence-electron chi connectivity index (χ3n) is 4.13. The molecule has 1 unspecified atom stereocenters.